The van der Waals surface area contributed by atoms with Crippen molar-refractivity contribution in [2.24, 2.45) is 0 Å². The lowest BCUT2D eigenvalue weighted by Gasteiger charge is -2.16. The molecule has 0 radical (unpaired) electrons. The standard InChI is InChI=1S/C13H21ClN2O2/c1-16(8-9-18-2)7-6-15-10-11-12(14)4-3-5-13(11)17/h3-5,15,17H,6-10H2,1-2H3. The number of phenolic OH excluding ortho intramolecular Hbond substituents is 1. The van der Waals surface area contributed by atoms with Crippen molar-refractivity contribution in [1.29, 1.82) is 0 Å². The minimum absolute atomic E-state index is 0.239. The van der Waals surface area contributed by atoms with Crippen LogP contribution < -0.4 is 5.32 Å². The molecule has 0 spiro atoms. The SMILES string of the molecule is COCCN(C)CCNCc1c(O)cccc1Cl. The number of nitrogens with one attached hydrogen (secondary N) is 1. The smallest absolute Gasteiger partial charge is 0.121 e. The predicted octanol–water partition coefficient (Wildman–Crippen LogP) is 1.71. The molecule has 0 aliphatic rings. The van der Waals surface area contributed by atoms with Crippen LogP contribution in [0.25, 0.3) is 0 Å². The molecule has 4 nitrogen and oxygen atoms in total. The van der Waals surface area contributed by atoms with Gasteiger partial charge in [0.05, 0.1) is 6.61 Å². The number of halogens is 1. The summed E-state index contributed by atoms with van der Waals surface area (Å²) in [5.74, 6) is 0.239. The number of nitrogens with zero attached hydrogens (tertiary/aromatic N) is 1. The fraction of sp³-hybridized carbons (Fsp3) is 0.538. The molecular formula is C13H21ClN2O2. The lowest BCUT2D eigenvalue weighted by atomic mass is 10.2. The summed E-state index contributed by atoms with van der Waals surface area (Å²) >= 11 is 6.01. The Morgan fingerprint density at radius 2 is 2.17 bits per heavy atom. The van der Waals surface area contributed by atoms with E-state index in [0.717, 1.165) is 31.8 Å². The molecule has 0 atom stereocenters. The number of hydrogen-bond donors (Lipinski definition) is 2. The van der Waals surface area contributed by atoms with Crippen molar-refractivity contribution in [3.63, 3.8) is 0 Å². The Hall–Kier alpha value is -0.810. The highest BCUT2D eigenvalue weighted by molar-refractivity contribution is 6.31. The lowest BCUT2D eigenvalue weighted by molar-refractivity contribution is 0.161. The highest BCUT2D eigenvalue weighted by atomic mass is 35.5. The summed E-state index contributed by atoms with van der Waals surface area (Å²) in [6, 6.07) is 5.16. The van der Waals surface area contributed by atoms with Gasteiger partial charge in [0, 0.05) is 43.9 Å². The third-order valence-electron chi connectivity index (χ3n) is 2.74. The third kappa shape index (κ3) is 5.23. The van der Waals surface area contributed by atoms with Crippen LogP contribution in [0.1, 0.15) is 5.56 Å². The topological polar surface area (TPSA) is 44.7 Å². The molecule has 0 aliphatic heterocycles. The molecule has 102 valence electrons. The lowest BCUT2D eigenvalue weighted by Crippen LogP contribution is -2.31. The first-order chi connectivity index (χ1) is 8.65. The summed E-state index contributed by atoms with van der Waals surface area (Å²) in [5.41, 5.74) is 0.749. The van der Waals surface area contributed by atoms with Crippen LogP contribution >= 0.6 is 11.6 Å². The first-order valence-corrected chi connectivity index (χ1v) is 6.37. The Morgan fingerprint density at radius 1 is 1.39 bits per heavy atom. The summed E-state index contributed by atoms with van der Waals surface area (Å²) in [6.45, 7) is 3.99. The van der Waals surface area contributed by atoms with Crippen molar-refractivity contribution >= 4 is 11.6 Å². The molecule has 1 rings (SSSR count). The van der Waals surface area contributed by atoms with Gasteiger partial charge in [-0.1, -0.05) is 17.7 Å². The van der Waals surface area contributed by atoms with E-state index in [4.69, 9.17) is 16.3 Å². The van der Waals surface area contributed by atoms with Gasteiger partial charge in [0.25, 0.3) is 0 Å². The van der Waals surface area contributed by atoms with E-state index in [0.29, 0.717) is 11.6 Å². The maximum atomic E-state index is 9.66. The first kappa shape index (κ1) is 15.2. The van der Waals surface area contributed by atoms with Crippen LogP contribution in [0.4, 0.5) is 0 Å². The molecule has 1 aromatic carbocycles. The Labute approximate surface area is 114 Å². The molecule has 18 heavy (non-hydrogen) atoms. The number of hydrogen-bond acceptors (Lipinski definition) is 4. The van der Waals surface area contributed by atoms with Gasteiger partial charge in [0.1, 0.15) is 5.75 Å². The van der Waals surface area contributed by atoms with Gasteiger partial charge in [-0.25, -0.2) is 0 Å². The van der Waals surface area contributed by atoms with Gasteiger partial charge in [-0.15, -0.1) is 0 Å². The van der Waals surface area contributed by atoms with Crippen LogP contribution in [0.3, 0.4) is 0 Å². The number of phenols is 1. The number of aromatic hydroxyl groups is 1. The third-order valence-corrected chi connectivity index (χ3v) is 3.10. The van der Waals surface area contributed by atoms with E-state index in [9.17, 15) is 5.11 Å². The summed E-state index contributed by atoms with van der Waals surface area (Å²) in [4.78, 5) is 2.18. The van der Waals surface area contributed by atoms with Crippen LogP contribution in [0.5, 0.6) is 5.75 Å². The van der Waals surface area contributed by atoms with Crippen molar-refractivity contribution < 1.29 is 9.84 Å². The van der Waals surface area contributed by atoms with E-state index in [-0.39, 0.29) is 5.75 Å². The van der Waals surface area contributed by atoms with Gasteiger partial charge in [0.2, 0.25) is 0 Å². The minimum atomic E-state index is 0.239. The number of rotatable bonds is 8. The molecule has 0 aliphatic carbocycles. The van der Waals surface area contributed by atoms with Gasteiger partial charge in [-0.2, -0.15) is 0 Å². The van der Waals surface area contributed by atoms with Crippen molar-refractivity contribution in [2.45, 2.75) is 6.54 Å². The largest absolute Gasteiger partial charge is 0.508 e. The molecule has 0 amide bonds. The van der Waals surface area contributed by atoms with E-state index < -0.39 is 0 Å². The van der Waals surface area contributed by atoms with E-state index in [2.05, 4.69) is 10.2 Å². The van der Waals surface area contributed by atoms with Gasteiger partial charge in [-0.3, -0.25) is 0 Å². The van der Waals surface area contributed by atoms with Crippen LogP contribution in [0.2, 0.25) is 5.02 Å². The second-order valence-electron chi connectivity index (χ2n) is 4.21. The highest BCUT2D eigenvalue weighted by Gasteiger charge is 2.05. The molecule has 5 heteroatoms. The van der Waals surface area contributed by atoms with E-state index in [1.807, 2.05) is 7.05 Å². The molecule has 0 saturated carbocycles. The molecule has 2 N–H and O–H groups in total. The Balaban J connectivity index is 2.25. The quantitative estimate of drug-likeness (QED) is 0.708. The number of ether oxygens (including phenoxy) is 1. The maximum Gasteiger partial charge on any atom is 0.121 e. The Morgan fingerprint density at radius 3 is 2.83 bits per heavy atom. The van der Waals surface area contributed by atoms with Gasteiger partial charge in [-0.05, 0) is 19.2 Å². The Bertz CT molecular complexity index is 341. The van der Waals surface area contributed by atoms with Crippen LogP contribution in [-0.4, -0.2) is 50.4 Å². The van der Waals surface area contributed by atoms with Gasteiger partial charge in [0.15, 0.2) is 0 Å². The van der Waals surface area contributed by atoms with Crippen molar-refractivity contribution in [2.75, 3.05) is 40.4 Å². The van der Waals surface area contributed by atoms with E-state index in [1.165, 1.54) is 0 Å². The van der Waals surface area contributed by atoms with Crippen molar-refractivity contribution in [3.05, 3.63) is 28.8 Å². The zero-order valence-corrected chi connectivity index (χ0v) is 11.7. The van der Waals surface area contributed by atoms with Crippen LogP contribution in [0, 0.1) is 0 Å². The van der Waals surface area contributed by atoms with E-state index in [1.54, 1.807) is 25.3 Å². The van der Waals surface area contributed by atoms with Crippen molar-refractivity contribution in [3.8, 4) is 5.75 Å². The zero-order chi connectivity index (χ0) is 13.4. The normalized spacial score (nSPS) is 11.1. The molecule has 1 aromatic rings. The Kier molecular flexibility index (Phi) is 7.05. The number of likely N-dealkylation sites (N-methyl/N-ethyl adjacent to an activating group) is 1. The summed E-state index contributed by atoms with van der Waals surface area (Å²) in [6.07, 6.45) is 0. The summed E-state index contributed by atoms with van der Waals surface area (Å²) in [5, 5.41) is 13.5. The summed E-state index contributed by atoms with van der Waals surface area (Å²) < 4.78 is 5.01. The number of methoxy groups -OCH3 is 1. The summed E-state index contributed by atoms with van der Waals surface area (Å²) in [7, 11) is 3.75. The monoisotopic (exact) mass is 272 g/mol. The molecule has 0 unspecified atom stereocenters. The fourth-order valence-electron chi connectivity index (χ4n) is 1.56. The van der Waals surface area contributed by atoms with Crippen molar-refractivity contribution in [1.82, 2.24) is 10.2 Å². The number of benzene rings is 1. The molecule has 0 heterocycles. The molecular weight excluding hydrogens is 252 g/mol. The zero-order valence-electron chi connectivity index (χ0n) is 10.9. The average Bonchev–Trinajstić information content (AvgIpc) is 2.35. The van der Waals surface area contributed by atoms with Crippen LogP contribution in [0.15, 0.2) is 18.2 Å². The van der Waals surface area contributed by atoms with E-state index >= 15 is 0 Å². The first-order valence-electron chi connectivity index (χ1n) is 5.99. The molecule has 0 aromatic heterocycles. The van der Waals surface area contributed by atoms with Gasteiger partial charge < -0.3 is 20.1 Å². The fourth-order valence-corrected chi connectivity index (χ4v) is 1.80. The minimum Gasteiger partial charge on any atom is -0.508 e. The molecule has 0 bridgehead atoms. The van der Waals surface area contributed by atoms with Gasteiger partial charge >= 0.3 is 0 Å². The average molecular weight is 273 g/mol. The second-order valence-corrected chi connectivity index (χ2v) is 4.62. The van der Waals surface area contributed by atoms with Crippen LogP contribution in [-0.2, 0) is 11.3 Å². The molecule has 0 fully saturated rings. The maximum absolute atomic E-state index is 9.66. The molecule has 0 saturated heterocycles. The predicted molar refractivity (Wildman–Crippen MR) is 74.2 cm³/mol. The second kappa shape index (κ2) is 8.32. The highest BCUT2D eigenvalue weighted by Crippen LogP contribution is 2.24.